The average Bonchev–Trinajstić information content (AvgIpc) is 2.46. The van der Waals surface area contributed by atoms with Crippen LogP contribution in [0.3, 0.4) is 0 Å². The summed E-state index contributed by atoms with van der Waals surface area (Å²) in [5.41, 5.74) is 0.706. The Labute approximate surface area is 120 Å². The van der Waals surface area contributed by atoms with Crippen molar-refractivity contribution in [1.82, 2.24) is 4.98 Å². The standard InChI is InChI=1S/C14H12ClN3O2/c1-9(19)18(16)11-7-8-12(15)17-13(11)14(20)10-5-3-2-4-6-10/h2-8H,16H2,1H3. The molecule has 0 atom stereocenters. The summed E-state index contributed by atoms with van der Waals surface area (Å²) in [6.45, 7) is 1.30. The molecular weight excluding hydrogens is 278 g/mol. The monoisotopic (exact) mass is 289 g/mol. The minimum Gasteiger partial charge on any atom is -0.287 e. The van der Waals surface area contributed by atoms with Crippen molar-refractivity contribution in [2.75, 3.05) is 5.01 Å². The van der Waals surface area contributed by atoms with Crippen LogP contribution < -0.4 is 10.9 Å². The van der Waals surface area contributed by atoms with E-state index in [1.807, 2.05) is 0 Å². The average molecular weight is 290 g/mol. The third kappa shape index (κ3) is 2.84. The normalized spacial score (nSPS) is 10.2. The number of rotatable bonds is 3. The first-order valence-electron chi connectivity index (χ1n) is 5.82. The predicted octanol–water partition coefficient (Wildman–Crippen LogP) is 2.19. The highest BCUT2D eigenvalue weighted by Crippen LogP contribution is 2.22. The minimum atomic E-state index is -0.406. The van der Waals surface area contributed by atoms with E-state index in [0.29, 0.717) is 5.56 Å². The smallest absolute Gasteiger partial charge is 0.238 e. The van der Waals surface area contributed by atoms with Gasteiger partial charge in [-0.1, -0.05) is 41.9 Å². The summed E-state index contributed by atoms with van der Waals surface area (Å²) in [4.78, 5) is 27.8. The second-order valence-electron chi connectivity index (χ2n) is 4.09. The lowest BCUT2D eigenvalue weighted by Gasteiger charge is -2.17. The summed E-state index contributed by atoms with van der Waals surface area (Å²) in [5, 5.41) is 1.03. The van der Waals surface area contributed by atoms with Gasteiger partial charge in [-0.15, -0.1) is 0 Å². The van der Waals surface area contributed by atoms with Crippen molar-refractivity contribution >= 4 is 29.0 Å². The van der Waals surface area contributed by atoms with Crippen molar-refractivity contribution in [3.05, 3.63) is 58.9 Å². The number of hydrazine groups is 1. The largest absolute Gasteiger partial charge is 0.287 e. The van der Waals surface area contributed by atoms with Crippen LogP contribution in [0.2, 0.25) is 5.15 Å². The van der Waals surface area contributed by atoms with Crippen molar-refractivity contribution in [3.8, 4) is 0 Å². The molecule has 2 rings (SSSR count). The second kappa shape index (κ2) is 5.81. The third-order valence-corrected chi connectivity index (χ3v) is 2.90. The topological polar surface area (TPSA) is 76.3 Å². The molecule has 1 aromatic carbocycles. The maximum absolute atomic E-state index is 12.4. The van der Waals surface area contributed by atoms with Gasteiger partial charge in [0.15, 0.2) is 0 Å². The van der Waals surface area contributed by atoms with E-state index in [0.717, 1.165) is 5.01 Å². The molecule has 5 nitrogen and oxygen atoms in total. The number of ketones is 1. The molecule has 6 heteroatoms. The SMILES string of the molecule is CC(=O)N(N)c1ccc(Cl)nc1C(=O)c1ccccc1. The number of hydrogen-bond donors (Lipinski definition) is 1. The lowest BCUT2D eigenvalue weighted by atomic mass is 10.1. The fourth-order valence-electron chi connectivity index (χ4n) is 1.69. The highest BCUT2D eigenvalue weighted by molar-refractivity contribution is 6.30. The Morgan fingerprint density at radius 1 is 1.15 bits per heavy atom. The number of anilines is 1. The van der Waals surface area contributed by atoms with Crippen LogP contribution in [0.4, 0.5) is 5.69 Å². The van der Waals surface area contributed by atoms with Gasteiger partial charge in [-0.3, -0.25) is 9.59 Å². The first-order chi connectivity index (χ1) is 9.50. The van der Waals surface area contributed by atoms with E-state index < -0.39 is 5.91 Å². The number of amides is 1. The first kappa shape index (κ1) is 14.2. The number of carbonyl (C=O) groups is 2. The van der Waals surface area contributed by atoms with Gasteiger partial charge < -0.3 is 0 Å². The van der Waals surface area contributed by atoms with Crippen LogP contribution in [0.5, 0.6) is 0 Å². The number of nitrogens with two attached hydrogens (primary N) is 1. The molecule has 0 radical (unpaired) electrons. The van der Waals surface area contributed by atoms with Gasteiger partial charge >= 0.3 is 0 Å². The van der Waals surface area contributed by atoms with Crippen molar-refractivity contribution in [2.45, 2.75) is 6.92 Å². The van der Waals surface area contributed by atoms with Gasteiger partial charge in [0.1, 0.15) is 10.8 Å². The molecule has 0 saturated carbocycles. The highest BCUT2D eigenvalue weighted by Gasteiger charge is 2.20. The van der Waals surface area contributed by atoms with E-state index >= 15 is 0 Å². The fourth-order valence-corrected chi connectivity index (χ4v) is 1.83. The van der Waals surface area contributed by atoms with E-state index in [-0.39, 0.29) is 22.3 Å². The summed E-state index contributed by atoms with van der Waals surface area (Å²) < 4.78 is 0. The molecule has 1 heterocycles. The van der Waals surface area contributed by atoms with Crippen LogP contribution in [-0.2, 0) is 4.79 Å². The summed E-state index contributed by atoms with van der Waals surface area (Å²) in [6, 6.07) is 11.6. The molecule has 102 valence electrons. The molecule has 0 unspecified atom stereocenters. The van der Waals surface area contributed by atoms with E-state index in [1.54, 1.807) is 30.3 Å². The lowest BCUT2D eigenvalue weighted by Crippen LogP contribution is -2.37. The van der Waals surface area contributed by atoms with E-state index in [4.69, 9.17) is 17.4 Å². The summed E-state index contributed by atoms with van der Waals surface area (Å²) in [7, 11) is 0. The lowest BCUT2D eigenvalue weighted by molar-refractivity contribution is -0.116. The number of halogens is 1. The van der Waals surface area contributed by atoms with Crippen molar-refractivity contribution in [2.24, 2.45) is 5.84 Å². The maximum atomic E-state index is 12.4. The molecule has 0 fully saturated rings. The Morgan fingerprint density at radius 2 is 1.80 bits per heavy atom. The van der Waals surface area contributed by atoms with Gasteiger partial charge in [-0.05, 0) is 12.1 Å². The molecule has 0 saturated heterocycles. The Morgan fingerprint density at radius 3 is 2.40 bits per heavy atom. The molecule has 1 amide bonds. The summed E-state index contributed by atoms with van der Waals surface area (Å²) in [5.74, 6) is 4.90. The van der Waals surface area contributed by atoms with E-state index in [9.17, 15) is 9.59 Å². The summed E-state index contributed by atoms with van der Waals surface area (Å²) in [6.07, 6.45) is 0. The van der Waals surface area contributed by atoms with Gasteiger partial charge in [0.2, 0.25) is 11.7 Å². The zero-order valence-electron chi connectivity index (χ0n) is 10.7. The first-order valence-corrected chi connectivity index (χ1v) is 6.20. The Balaban J connectivity index is 2.53. The van der Waals surface area contributed by atoms with Crippen molar-refractivity contribution < 1.29 is 9.59 Å². The molecule has 2 aromatic rings. The second-order valence-corrected chi connectivity index (χ2v) is 4.47. The Hall–Kier alpha value is -2.24. The molecule has 0 aliphatic rings. The zero-order chi connectivity index (χ0) is 14.7. The van der Waals surface area contributed by atoms with Crippen molar-refractivity contribution in [1.29, 1.82) is 0 Å². The predicted molar refractivity (Wildman–Crippen MR) is 76.5 cm³/mol. The zero-order valence-corrected chi connectivity index (χ0v) is 11.5. The van der Waals surface area contributed by atoms with E-state index in [1.165, 1.54) is 19.1 Å². The molecule has 1 aromatic heterocycles. The number of aromatic nitrogens is 1. The van der Waals surface area contributed by atoms with Crippen LogP contribution in [0.1, 0.15) is 23.0 Å². The highest BCUT2D eigenvalue weighted by atomic mass is 35.5. The van der Waals surface area contributed by atoms with Gasteiger partial charge in [0.05, 0.1) is 5.69 Å². The van der Waals surface area contributed by atoms with Gasteiger partial charge in [-0.25, -0.2) is 15.8 Å². The Kier molecular flexibility index (Phi) is 4.12. The van der Waals surface area contributed by atoms with Crippen LogP contribution >= 0.6 is 11.6 Å². The molecule has 0 spiro atoms. The van der Waals surface area contributed by atoms with Crippen LogP contribution in [0.15, 0.2) is 42.5 Å². The number of carbonyl (C=O) groups excluding carboxylic acids is 2. The number of pyridine rings is 1. The molecule has 20 heavy (non-hydrogen) atoms. The molecular formula is C14H12ClN3O2. The molecule has 0 aliphatic heterocycles. The van der Waals surface area contributed by atoms with Crippen LogP contribution in [0, 0.1) is 0 Å². The molecule has 0 bridgehead atoms. The van der Waals surface area contributed by atoms with Gasteiger partial charge in [0, 0.05) is 12.5 Å². The quantitative estimate of drug-likeness (QED) is 0.309. The molecule has 2 N–H and O–H groups in total. The number of nitrogens with zero attached hydrogens (tertiary/aromatic N) is 2. The minimum absolute atomic E-state index is 0.0430. The van der Waals surface area contributed by atoms with Crippen LogP contribution in [-0.4, -0.2) is 16.7 Å². The van der Waals surface area contributed by atoms with Crippen molar-refractivity contribution in [3.63, 3.8) is 0 Å². The number of hydrogen-bond acceptors (Lipinski definition) is 4. The maximum Gasteiger partial charge on any atom is 0.238 e. The van der Waals surface area contributed by atoms with Crippen LogP contribution in [0.25, 0.3) is 0 Å². The van der Waals surface area contributed by atoms with Gasteiger partial charge in [0.25, 0.3) is 0 Å². The molecule has 0 aliphatic carbocycles. The Bertz CT molecular complexity index is 659. The van der Waals surface area contributed by atoms with E-state index in [2.05, 4.69) is 4.98 Å². The number of benzene rings is 1. The summed E-state index contributed by atoms with van der Waals surface area (Å²) >= 11 is 5.83. The van der Waals surface area contributed by atoms with Gasteiger partial charge in [-0.2, -0.15) is 0 Å². The third-order valence-electron chi connectivity index (χ3n) is 2.69. The fraction of sp³-hybridized carbons (Fsp3) is 0.0714.